The largest absolute Gasteiger partial charge is 0.310 e. The van der Waals surface area contributed by atoms with Crippen molar-refractivity contribution in [1.82, 2.24) is 0 Å². The molecule has 0 saturated heterocycles. The molecule has 0 spiro atoms. The lowest BCUT2D eigenvalue weighted by molar-refractivity contribution is 1.28. The lowest BCUT2D eigenvalue weighted by Crippen LogP contribution is -2.12. The lowest BCUT2D eigenvalue weighted by atomic mass is 9.87. The van der Waals surface area contributed by atoms with Crippen LogP contribution >= 0.6 is 0 Å². The number of anilines is 3. The van der Waals surface area contributed by atoms with Gasteiger partial charge in [0.15, 0.2) is 0 Å². The molecular formula is C50H35N. The van der Waals surface area contributed by atoms with E-state index in [1.807, 2.05) is 18.2 Å². The van der Waals surface area contributed by atoms with E-state index in [1.165, 1.54) is 18.2 Å². The van der Waals surface area contributed by atoms with Crippen molar-refractivity contribution in [2.24, 2.45) is 0 Å². The highest BCUT2D eigenvalue weighted by atomic mass is 15.1. The SMILES string of the molecule is [2H]c1c([2H])c([2H])c(-c2cccc(N(c3c([2H])c([2H])c(-c4c([2H])c([2H])c([2H])c([2H])c4[2H])c([2H])c3[2H])c3c([2H])c([2H])c(-c4c([2H])c([2H])c([2H])c([2H])c4[2H])c([2H])c3[2H])c2-c2cc3ccccc3c3ccccc23)c([2H])c1[2H]. The lowest BCUT2D eigenvalue weighted by Gasteiger charge is -2.30. The van der Waals surface area contributed by atoms with Gasteiger partial charge < -0.3 is 4.90 Å². The Hall–Kier alpha value is -6.70. The maximum Gasteiger partial charge on any atom is 0.0645 e. The Morgan fingerprint density at radius 2 is 0.824 bits per heavy atom. The van der Waals surface area contributed by atoms with Crippen molar-refractivity contribution in [2.75, 3.05) is 4.90 Å². The zero-order valence-electron chi connectivity index (χ0n) is 49.4. The first kappa shape index (κ1) is 14.6. The number of benzene rings is 9. The molecular weight excluding hydrogens is 615 g/mol. The maximum absolute atomic E-state index is 9.73. The topological polar surface area (TPSA) is 3.24 Å². The fourth-order valence-corrected chi connectivity index (χ4v) is 6.05. The molecule has 0 heterocycles. The van der Waals surface area contributed by atoms with Gasteiger partial charge in [-0.2, -0.15) is 0 Å². The van der Waals surface area contributed by atoms with Crippen molar-refractivity contribution >= 4 is 38.6 Å². The summed E-state index contributed by atoms with van der Waals surface area (Å²) in [4.78, 5) is 0.872. The molecule has 0 aliphatic rings. The second kappa shape index (κ2) is 13.3. The molecule has 0 aliphatic heterocycles. The molecule has 240 valence electrons. The third kappa shape index (κ3) is 5.75. The first-order valence-electron chi connectivity index (χ1n) is 27.1. The smallest absolute Gasteiger partial charge is 0.0645 e. The van der Waals surface area contributed by atoms with E-state index in [4.69, 9.17) is 17.8 Å². The van der Waals surface area contributed by atoms with Crippen molar-refractivity contribution in [3.05, 3.63) is 212 Å². The van der Waals surface area contributed by atoms with Crippen LogP contribution in [0.15, 0.2) is 212 Å². The highest BCUT2D eigenvalue weighted by molar-refractivity contribution is 6.16. The molecule has 9 aromatic carbocycles. The highest BCUT2D eigenvalue weighted by Gasteiger charge is 2.23. The summed E-state index contributed by atoms with van der Waals surface area (Å²) in [5.74, 6) is 0. The Bertz CT molecular complexity index is 3680. The second-order valence-electron chi connectivity index (χ2n) is 11.2. The second-order valence-corrected chi connectivity index (χ2v) is 11.2. The predicted octanol–water partition coefficient (Wildman–Crippen LogP) is 14.1. The Morgan fingerprint density at radius 1 is 0.353 bits per heavy atom. The normalized spacial score (nSPS) is 17.5. The molecule has 0 unspecified atom stereocenters. The molecule has 1 heteroatoms. The van der Waals surface area contributed by atoms with Gasteiger partial charge in [-0.05, 0) is 96.8 Å². The van der Waals surface area contributed by atoms with Crippen LogP contribution in [-0.2, 0) is 0 Å². The standard InChI is InChI=1S/C50H35N/c1-4-15-36(16-5-1)38-27-31-42(32-28-38)51(43-33-29-39(30-34-43)37-17-6-2-7-18-37)49-26-14-25-45(40-19-8-3-9-20-40)50(49)48-35-41-21-10-11-22-44(41)46-23-12-13-24-47(46)48/h1-35H/i1D,2D,3D,4D,5D,6D,7D,8D,9D,15D,16D,17D,18D,19D,20D,27D,28D,29D,30D,31D,32D,33D,34D. The van der Waals surface area contributed by atoms with Crippen LogP contribution < -0.4 is 4.90 Å². The molecule has 0 atom stereocenters. The van der Waals surface area contributed by atoms with E-state index < -0.39 is 173 Å². The molecule has 9 rings (SSSR count). The Balaban J connectivity index is 1.53. The summed E-state index contributed by atoms with van der Waals surface area (Å²) in [7, 11) is 0. The summed E-state index contributed by atoms with van der Waals surface area (Å²) < 4.78 is 206. The van der Waals surface area contributed by atoms with Crippen LogP contribution in [0.3, 0.4) is 0 Å². The highest BCUT2D eigenvalue weighted by Crippen LogP contribution is 2.48. The zero-order chi connectivity index (χ0) is 54.0. The van der Waals surface area contributed by atoms with E-state index in [-0.39, 0.29) is 27.9 Å². The number of nitrogens with zero attached hydrogens (tertiary/aromatic N) is 1. The van der Waals surface area contributed by atoms with E-state index in [0.717, 1.165) is 10.3 Å². The average Bonchev–Trinajstić information content (AvgIpc) is 3.39. The van der Waals surface area contributed by atoms with Crippen LogP contribution in [0, 0.1) is 0 Å². The summed E-state index contributed by atoms with van der Waals surface area (Å²) >= 11 is 0. The number of rotatable bonds is 7. The van der Waals surface area contributed by atoms with Gasteiger partial charge in [0, 0.05) is 16.9 Å². The van der Waals surface area contributed by atoms with Crippen molar-refractivity contribution in [3.63, 3.8) is 0 Å². The molecule has 51 heavy (non-hydrogen) atoms. The van der Waals surface area contributed by atoms with Crippen LogP contribution in [0.2, 0.25) is 0 Å². The van der Waals surface area contributed by atoms with Crippen LogP contribution in [0.25, 0.3) is 66.1 Å². The minimum Gasteiger partial charge on any atom is -0.310 e. The predicted molar refractivity (Wildman–Crippen MR) is 218 cm³/mol. The van der Waals surface area contributed by atoms with Gasteiger partial charge in [-0.3, -0.25) is 0 Å². The molecule has 0 aromatic heterocycles. The van der Waals surface area contributed by atoms with Crippen LogP contribution in [0.5, 0.6) is 0 Å². The molecule has 0 N–H and O–H groups in total. The first-order chi connectivity index (χ1) is 34.9. The van der Waals surface area contributed by atoms with Gasteiger partial charge in [0.25, 0.3) is 0 Å². The van der Waals surface area contributed by atoms with Gasteiger partial charge in [-0.1, -0.05) is 175 Å². The van der Waals surface area contributed by atoms with Gasteiger partial charge in [-0.15, -0.1) is 0 Å². The van der Waals surface area contributed by atoms with E-state index in [1.54, 1.807) is 36.4 Å². The van der Waals surface area contributed by atoms with E-state index >= 15 is 0 Å². The van der Waals surface area contributed by atoms with Crippen molar-refractivity contribution in [2.45, 2.75) is 0 Å². The molecule has 0 radical (unpaired) electrons. The molecule has 0 amide bonds. The Morgan fingerprint density at radius 3 is 1.39 bits per heavy atom. The van der Waals surface area contributed by atoms with Crippen LogP contribution in [0.1, 0.15) is 31.5 Å². The number of hydrogen-bond donors (Lipinski definition) is 0. The van der Waals surface area contributed by atoms with Gasteiger partial charge >= 0.3 is 0 Å². The summed E-state index contributed by atoms with van der Waals surface area (Å²) in [5, 5.41) is 2.51. The van der Waals surface area contributed by atoms with E-state index in [9.17, 15) is 13.7 Å². The monoisotopic (exact) mass is 672 g/mol. The summed E-state index contributed by atoms with van der Waals surface area (Å²) in [6.45, 7) is 0. The third-order valence-electron chi connectivity index (χ3n) is 8.26. The summed E-state index contributed by atoms with van der Waals surface area (Å²) in [6, 6.07) is 0.327. The Labute approximate surface area is 331 Å². The molecule has 0 fully saturated rings. The van der Waals surface area contributed by atoms with Crippen molar-refractivity contribution in [3.8, 4) is 44.5 Å². The molecule has 0 saturated carbocycles. The summed E-state index contributed by atoms with van der Waals surface area (Å²) in [5.41, 5.74) is -4.92. The fourth-order valence-electron chi connectivity index (χ4n) is 6.05. The Kier molecular flexibility index (Phi) is 3.82. The third-order valence-corrected chi connectivity index (χ3v) is 8.26. The maximum atomic E-state index is 9.73. The first-order valence-corrected chi connectivity index (χ1v) is 15.6. The minimum atomic E-state index is -0.998. The van der Waals surface area contributed by atoms with Crippen molar-refractivity contribution < 1.29 is 31.5 Å². The summed E-state index contributed by atoms with van der Waals surface area (Å²) in [6.07, 6.45) is 0. The van der Waals surface area contributed by atoms with E-state index in [2.05, 4.69) is 0 Å². The number of hydrogen-bond acceptors (Lipinski definition) is 1. The molecule has 0 aliphatic carbocycles. The van der Waals surface area contributed by atoms with Crippen molar-refractivity contribution in [1.29, 1.82) is 0 Å². The molecule has 0 bridgehead atoms. The molecule has 9 aromatic rings. The quantitative estimate of drug-likeness (QED) is 0.152. The minimum absolute atomic E-state index is 0.0499. The van der Waals surface area contributed by atoms with Gasteiger partial charge in [0.2, 0.25) is 0 Å². The van der Waals surface area contributed by atoms with Gasteiger partial charge in [0.05, 0.1) is 37.2 Å². The molecule has 1 nitrogen and oxygen atoms in total. The van der Waals surface area contributed by atoms with Gasteiger partial charge in [0.1, 0.15) is 0 Å². The van der Waals surface area contributed by atoms with Crippen LogP contribution in [0.4, 0.5) is 17.1 Å². The average molecular weight is 673 g/mol. The number of fused-ring (bicyclic) bond motifs is 3. The van der Waals surface area contributed by atoms with Crippen LogP contribution in [-0.4, -0.2) is 0 Å². The zero-order valence-corrected chi connectivity index (χ0v) is 26.4. The van der Waals surface area contributed by atoms with Gasteiger partial charge in [-0.25, -0.2) is 0 Å². The van der Waals surface area contributed by atoms with E-state index in [0.29, 0.717) is 16.2 Å². The fraction of sp³-hybridized carbons (Fsp3) is 0.